The van der Waals surface area contributed by atoms with E-state index < -0.39 is 17.4 Å². The van der Waals surface area contributed by atoms with Gasteiger partial charge in [0.1, 0.15) is 13.2 Å². The average molecular weight is 365 g/mol. The first-order chi connectivity index (χ1) is 13.1. The summed E-state index contributed by atoms with van der Waals surface area (Å²) in [5.74, 6) is -0.0738. The Kier molecular flexibility index (Phi) is 4.21. The number of benzene rings is 2. The molecular weight excluding hydrogens is 350 g/mol. The summed E-state index contributed by atoms with van der Waals surface area (Å²) >= 11 is 0. The molecule has 0 radical (unpaired) electrons. The Balaban J connectivity index is 1.51. The predicted octanol–water partition coefficient (Wildman–Crippen LogP) is 1.37. The van der Waals surface area contributed by atoms with Crippen LogP contribution in [0.2, 0.25) is 0 Å². The highest BCUT2D eigenvalue weighted by Gasteiger charge is 2.16. The van der Waals surface area contributed by atoms with Gasteiger partial charge in [-0.3, -0.25) is 25.2 Å². The number of H-pyrrole nitrogens is 1. The van der Waals surface area contributed by atoms with Gasteiger partial charge in [-0.15, -0.1) is 0 Å². The van der Waals surface area contributed by atoms with Crippen LogP contribution >= 0.6 is 0 Å². The predicted molar refractivity (Wildman–Crippen MR) is 96.9 cm³/mol. The summed E-state index contributed by atoms with van der Waals surface area (Å²) in [6.07, 6.45) is 0. The van der Waals surface area contributed by atoms with E-state index in [9.17, 15) is 14.4 Å². The van der Waals surface area contributed by atoms with Gasteiger partial charge in [0.25, 0.3) is 11.8 Å². The minimum Gasteiger partial charge on any atom is -0.486 e. The minimum atomic E-state index is -0.594. The molecule has 0 fully saturated rings. The molecule has 0 saturated carbocycles. The second kappa shape index (κ2) is 6.83. The van der Waals surface area contributed by atoms with Crippen LogP contribution in [-0.4, -0.2) is 30.0 Å². The van der Waals surface area contributed by atoms with Gasteiger partial charge < -0.3 is 14.5 Å². The van der Waals surface area contributed by atoms with Crippen molar-refractivity contribution in [1.29, 1.82) is 0 Å². The Morgan fingerprint density at radius 3 is 2.48 bits per heavy atom. The molecule has 0 atom stereocenters. The number of para-hydroxylation sites is 1. The molecule has 4 rings (SSSR count). The van der Waals surface area contributed by atoms with Crippen molar-refractivity contribution in [2.45, 2.75) is 0 Å². The van der Waals surface area contributed by atoms with Crippen LogP contribution in [-0.2, 0) is 0 Å². The molecule has 1 aliphatic heterocycles. The second-order valence-corrected chi connectivity index (χ2v) is 5.86. The highest BCUT2D eigenvalue weighted by atomic mass is 16.6. The molecule has 1 aliphatic rings. The Labute approximate surface area is 153 Å². The molecule has 27 heavy (non-hydrogen) atoms. The molecule has 3 N–H and O–H groups in total. The maximum absolute atomic E-state index is 12.5. The maximum Gasteiger partial charge on any atom is 0.270 e. The van der Waals surface area contributed by atoms with Crippen molar-refractivity contribution < 1.29 is 19.1 Å². The van der Waals surface area contributed by atoms with Crippen molar-refractivity contribution in [1.82, 2.24) is 15.8 Å². The number of ether oxygens (including phenoxy) is 2. The first-order valence-corrected chi connectivity index (χ1v) is 8.24. The van der Waals surface area contributed by atoms with Crippen molar-refractivity contribution in [3.63, 3.8) is 0 Å². The molecule has 0 saturated heterocycles. The normalized spacial score (nSPS) is 12.4. The molecule has 8 nitrogen and oxygen atoms in total. The number of nitrogens with one attached hydrogen (secondary N) is 3. The van der Waals surface area contributed by atoms with Gasteiger partial charge in [0, 0.05) is 22.5 Å². The highest BCUT2D eigenvalue weighted by Crippen LogP contribution is 2.30. The lowest BCUT2D eigenvalue weighted by atomic mass is 10.1. The van der Waals surface area contributed by atoms with Gasteiger partial charge in [-0.25, -0.2) is 0 Å². The smallest absolute Gasteiger partial charge is 0.270 e. The summed E-state index contributed by atoms with van der Waals surface area (Å²) < 4.78 is 10.8. The van der Waals surface area contributed by atoms with Gasteiger partial charge in [-0.05, 0) is 24.3 Å². The summed E-state index contributed by atoms with van der Waals surface area (Å²) in [5, 5.41) is 0.572. The van der Waals surface area contributed by atoms with Gasteiger partial charge in [-0.2, -0.15) is 0 Å². The van der Waals surface area contributed by atoms with Crippen LogP contribution in [0.5, 0.6) is 11.5 Å². The van der Waals surface area contributed by atoms with Crippen LogP contribution in [0, 0.1) is 0 Å². The standard InChI is InChI=1S/C19H15N3O5/c23-17-10-13(12-3-1-2-4-14(12)20-17)19(25)22-21-18(24)11-5-6-15-16(9-11)27-8-7-26-15/h1-6,9-10H,7-8H2,(H,20,23)(H,21,24)(H,22,25). The average Bonchev–Trinajstić information content (AvgIpc) is 2.70. The number of rotatable bonds is 2. The number of fused-ring (bicyclic) bond motifs is 2. The summed E-state index contributed by atoms with van der Waals surface area (Å²) in [6, 6.07) is 12.8. The maximum atomic E-state index is 12.5. The Morgan fingerprint density at radius 1 is 0.889 bits per heavy atom. The molecule has 2 amide bonds. The number of hydrazine groups is 1. The van der Waals surface area contributed by atoms with E-state index in [-0.39, 0.29) is 5.56 Å². The second-order valence-electron chi connectivity index (χ2n) is 5.86. The quantitative estimate of drug-likeness (QED) is 0.594. The summed E-state index contributed by atoms with van der Waals surface area (Å²) in [6.45, 7) is 0.864. The first-order valence-electron chi connectivity index (χ1n) is 8.24. The molecule has 0 spiro atoms. The van der Waals surface area contributed by atoms with Crippen molar-refractivity contribution in [2.75, 3.05) is 13.2 Å². The third-order valence-electron chi connectivity index (χ3n) is 4.09. The van der Waals surface area contributed by atoms with E-state index in [0.29, 0.717) is 41.2 Å². The largest absolute Gasteiger partial charge is 0.486 e. The zero-order chi connectivity index (χ0) is 18.8. The van der Waals surface area contributed by atoms with E-state index in [1.807, 2.05) is 0 Å². The molecule has 136 valence electrons. The van der Waals surface area contributed by atoms with Gasteiger partial charge in [0.2, 0.25) is 5.56 Å². The summed E-state index contributed by atoms with van der Waals surface area (Å²) in [5.41, 5.74) is 5.27. The Bertz CT molecular complexity index is 1110. The van der Waals surface area contributed by atoms with Crippen LogP contribution in [0.25, 0.3) is 10.9 Å². The SMILES string of the molecule is O=C(NNC(=O)c1cc(=O)[nH]c2ccccc12)c1ccc2c(c1)OCCO2. The fourth-order valence-corrected chi connectivity index (χ4v) is 2.83. The number of hydrogen-bond acceptors (Lipinski definition) is 5. The molecule has 1 aromatic heterocycles. The van der Waals surface area contributed by atoms with E-state index in [1.54, 1.807) is 42.5 Å². The highest BCUT2D eigenvalue weighted by molar-refractivity contribution is 6.07. The molecule has 0 unspecified atom stereocenters. The van der Waals surface area contributed by atoms with E-state index in [0.717, 1.165) is 0 Å². The van der Waals surface area contributed by atoms with Crippen LogP contribution in [0.15, 0.2) is 53.3 Å². The molecule has 8 heteroatoms. The first kappa shape index (κ1) is 16.6. The van der Waals surface area contributed by atoms with Crippen LogP contribution in [0.4, 0.5) is 0 Å². The third-order valence-corrected chi connectivity index (χ3v) is 4.09. The molecular formula is C19H15N3O5. The van der Waals surface area contributed by atoms with E-state index >= 15 is 0 Å². The van der Waals surface area contributed by atoms with E-state index in [4.69, 9.17) is 9.47 Å². The summed E-state index contributed by atoms with van der Waals surface area (Å²) in [7, 11) is 0. The van der Waals surface area contributed by atoms with Crippen LogP contribution in [0.1, 0.15) is 20.7 Å². The van der Waals surface area contributed by atoms with E-state index in [1.165, 1.54) is 6.07 Å². The summed E-state index contributed by atoms with van der Waals surface area (Å²) in [4.78, 5) is 39.2. The molecule has 3 aromatic rings. The fraction of sp³-hybridized carbons (Fsp3) is 0.105. The van der Waals surface area contributed by atoms with E-state index in [2.05, 4.69) is 15.8 Å². The molecule has 2 aromatic carbocycles. The van der Waals surface area contributed by atoms with Gasteiger partial charge in [-0.1, -0.05) is 18.2 Å². The van der Waals surface area contributed by atoms with Crippen LogP contribution < -0.4 is 25.9 Å². The Morgan fingerprint density at radius 2 is 1.63 bits per heavy atom. The number of carbonyl (C=O) groups is 2. The van der Waals surface area contributed by atoms with Gasteiger partial charge >= 0.3 is 0 Å². The lowest BCUT2D eigenvalue weighted by molar-refractivity contribution is 0.0847. The van der Waals surface area contributed by atoms with Gasteiger partial charge in [0.05, 0.1) is 5.56 Å². The number of hydrogen-bond donors (Lipinski definition) is 3. The number of aromatic amines is 1. The third kappa shape index (κ3) is 3.32. The van der Waals surface area contributed by atoms with Crippen molar-refractivity contribution in [3.05, 3.63) is 70.0 Å². The number of amides is 2. The van der Waals surface area contributed by atoms with Gasteiger partial charge in [0.15, 0.2) is 11.5 Å². The molecule has 0 aliphatic carbocycles. The van der Waals surface area contributed by atoms with Crippen molar-refractivity contribution in [3.8, 4) is 11.5 Å². The lowest BCUT2D eigenvalue weighted by Gasteiger charge is -2.18. The Hall–Kier alpha value is -3.81. The zero-order valence-electron chi connectivity index (χ0n) is 14.1. The zero-order valence-corrected chi connectivity index (χ0v) is 14.1. The number of aromatic nitrogens is 1. The molecule has 2 heterocycles. The molecule has 0 bridgehead atoms. The minimum absolute atomic E-state index is 0.164. The monoisotopic (exact) mass is 365 g/mol. The number of carbonyl (C=O) groups excluding carboxylic acids is 2. The fourth-order valence-electron chi connectivity index (χ4n) is 2.83. The lowest BCUT2D eigenvalue weighted by Crippen LogP contribution is -2.42. The number of pyridine rings is 1. The van der Waals surface area contributed by atoms with Crippen molar-refractivity contribution in [2.24, 2.45) is 0 Å². The van der Waals surface area contributed by atoms with Crippen molar-refractivity contribution >= 4 is 22.7 Å². The topological polar surface area (TPSA) is 110 Å². The van der Waals surface area contributed by atoms with Crippen LogP contribution in [0.3, 0.4) is 0 Å².